The molecule has 1 fully saturated rings. The highest BCUT2D eigenvalue weighted by Crippen LogP contribution is 2.18. The summed E-state index contributed by atoms with van der Waals surface area (Å²) in [5, 5.41) is 15.0. The lowest BCUT2D eigenvalue weighted by atomic mass is 10.2. The summed E-state index contributed by atoms with van der Waals surface area (Å²) in [5.41, 5.74) is -0.128. The Morgan fingerprint density at radius 2 is 2.44 bits per heavy atom. The summed E-state index contributed by atoms with van der Waals surface area (Å²) in [6.07, 6.45) is 1.70. The van der Waals surface area contributed by atoms with Gasteiger partial charge in [-0.15, -0.1) is 0 Å². The van der Waals surface area contributed by atoms with Crippen molar-refractivity contribution in [3.05, 3.63) is 28.2 Å². The number of nitrogens with zero attached hydrogens (tertiary/aromatic N) is 2. The Kier molecular flexibility index (Phi) is 3.00. The highest BCUT2D eigenvalue weighted by Gasteiger charge is 2.29. The fourth-order valence-corrected chi connectivity index (χ4v) is 1.90. The van der Waals surface area contributed by atoms with Crippen LogP contribution in [0.15, 0.2) is 16.9 Å². The molecule has 2 rings (SSSR count). The van der Waals surface area contributed by atoms with Crippen LogP contribution in [0.1, 0.15) is 23.3 Å². The predicted molar refractivity (Wildman–Crippen MR) is 56.0 cm³/mol. The van der Waals surface area contributed by atoms with E-state index in [0.717, 1.165) is 12.8 Å². The number of likely N-dealkylation sites (tertiary alicyclic amines) is 1. The molecule has 1 aliphatic heterocycles. The van der Waals surface area contributed by atoms with Crippen LogP contribution in [-0.4, -0.2) is 45.3 Å². The smallest absolute Gasteiger partial charge is 0.274 e. The van der Waals surface area contributed by atoms with E-state index < -0.39 is 0 Å². The zero-order chi connectivity index (χ0) is 11.5. The minimum absolute atomic E-state index is 0.0326. The van der Waals surface area contributed by atoms with Crippen LogP contribution in [0, 0.1) is 0 Å². The molecule has 1 saturated heterocycles. The van der Waals surface area contributed by atoms with E-state index in [9.17, 15) is 9.59 Å². The van der Waals surface area contributed by atoms with E-state index in [-0.39, 0.29) is 29.8 Å². The third-order valence-corrected chi connectivity index (χ3v) is 2.75. The van der Waals surface area contributed by atoms with Crippen LogP contribution in [0.2, 0.25) is 0 Å². The van der Waals surface area contributed by atoms with Crippen molar-refractivity contribution in [3.63, 3.8) is 0 Å². The number of aromatic amines is 1. The maximum atomic E-state index is 12.0. The molecule has 1 unspecified atom stereocenters. The molecule has 86 valence electrons. The monoisotopic (exact) mass is 223 g/mol. The van der Waals surface area contributed by atoms with Crippen molar-refractivity contribution in [3.8, 4) is 0 Å². The van der Waals surface area contributed by atoms with Gasteiger partial charge in [-0.1, -0.05) is 0 Å². The molecule has 0 aliphatic carbocycles. The number of aromatic nitrogens is 2. The number of H-pyrrole nitrogens is 1. The van der Waals surface area contributed by atoms with E-state index in [1.54, 1.807) is 4.90 Å². The van der Waals surface area contributed by atoms with Gasteiger partial charge in [0.05, 0.1) is 12.6 Å². The van der Waals surface area contributed by atoms with Gasteiger partial charge >= 0.3 is 0 Å². The molecule has 6 nitrogen and oxygen atoms in total. The highest BCUT2D eigenvalue weighted by atomic mass is 16.3. The van der Waals surface area contributed by atoms with E-state index in [4.69, 9.17) is 5.11 Å². The molecule has 0 saturated carbocycles. The zero-order valence-electron chi connectivity index (χ0n) is 8.72. The molecule has 1 aliphatic rings. The van der Waals surface area contributed by atoms with Gasteiger partial charge < -0.3 is 10.0 Å². The summed E-state index contributed by atoms with van der Waals surface area (Å²) in [7, 11) is 0. The molecule has 2 heterocycles. The Labute approximate surface area is 91.9 Å². The first-order valence-corrected chi connectivity index (χ1v) is 5.20. The van der Waals surface area contributed by atoms with Crippen molar-refractivity contribution in [2.45, 2.75) is 18.9 Å². The van der Waals surface area contributed by atoms with E-state index in [1.165, 1.54) is 12.1 Å². The normalized spacial score (nSPS) is 20.1. The summed E-state index contributed by atoms with van der Waals surface area (Å²) in [4.78, 5) is 24.4. The van der Waals surface area contributed by atoms with E-state index >= 15 is 0 Å². The van der Waals surface area contributed by atoms with Crippen LogP contribution in [0.4, 0.5) is 0 Å². The van der Waals surface area contributed by atoms with E-state index in [1.807, 2.05) is 0 Å². The third-order valence-electron chi connectivity index (χ3n) is 2.75. The van der Waals surface area contributed by atoms with Crippen molar-refractivity contribution in [1.29, 1.82) is 0 Å². The van der Waals surface area contributed by atoms with Crippen LogP contribution in [0.5, 0.6) is 0 Å². The lowest BCUT2D eigenvalue weighted by molar-refractivity contribution is 0.0670. The molecule has 1 atom stereocenters. The van der Waals surface area contributed by atoms with Crippen LogP contribution in [-0.2, 0) is 0 Å². The standard InChI is InChI=1S/C10H13N3O3/c14-6-7-2-1-5-13(7)10(16)8-3-4-9(15)12-11-8/h3-4,7,14H,1-2,5-6H2,(H,12,15). The molecule has 2 N–H and O–H groups in total. The third kappa shape index (κ3) is 1.96. The number of nitrogens with one attached hydrogen (secondary N) is 1. The average molecular weight is 223 g/mol. The number of carbonyl (C=O) groups is 1. The fraction of sp³-hybridized carbons (Fsp3) is 0.500. The van der Waals surface area contributed by atoms with Crippen molar-refractivity contribution in [2.24, 2.45) is 0 Å². The van der Waals surface area contributed by atoms with Gasteiger partial charge in [0.25, 0.3) is 11.5 Å². The molecular formula is C10H13N3O3. The molecule has 16 heavy (non-hydrogen) atoms. The van der Waals surface area contributed by atoms with Gasteiger partial charge in [-0.05, 0) is 18.9 Å². The molecule has 1 aromatic heterocycles. The minimum Gasteiger partial charge on any atom is -0.394 e. The average Bonchev–Trinajstić information content (AvgIpc) is 2.77. The second-order valence-corrected chi connectivity index (χ2v) is 3.78. The van der Waals surface area contributed by atoms with Gasteiger partial charge in [0.15, 0.2) is 0 Å². The Bertz CT molecular complexity index is 423. The first-order valence-electron chi connectivity index (χ1n) is 5.20. The summed E-state index contributed by atoms with van der Waals surface area (Å²) >= 11 is 0. The molecule has 6 heteroatoms. The minimum atomic E-state index is -0.336. The first-order chi connectivity index (χ1) is 7.72. The van der Waals surface area contributed by atoms with Gasteiger partial charge in [-0.2, -0.15) is 5.10 Å². The van der Waals surface area contributed by atoms with Gasteiger partial charge in [-0.25, -0.2) is 5.10 Å². The first kappa shape index (κ1) is 10.8. The van der Waals surface area contributed by atoms with Crippen molar-refractivity contribution in [2.75, 3.05) is 13.2 Å². The van der Waals surface area contributed by atoms with E-state index in [0.29, 0.717) is 6.54 Å². The van der Waals surface area contributed by atoms with E-state index in [2.05, 4.69) is 10.2 Å². The Balaban J connectivity index is 2.18. The number of aliphatic hydroxyl groups is 1. The molecule has 0 spiro atoms. The van der Waals surface area contributed by atoms with Gasteiger partial charge in [0.2, 0.25) is 0 Å². The summed E-state index contributed by atoms with van der Waals surface area (Å²) in [6, 6.07) is 2.54. The number of carbonyl (C=O) groups excluding carboxylic acids is 1. The highest BCUT2D eigenvalue weighted by molar-refractivity contribution is 5.92. The molecular weight excluding hydrogens is 210 g/mol. The Morgan fingerprint density at radius 3 is 3.06 bits per heavy atom. The van der Waals surface area contributed by atoms with Crippen LogP contribution < -0.4 is 5.56 Å². The van der Waals surface area contributed by atoms with Crippen LogP contribution in [0.3, 0.4) is 0 Å². The summed E-state index contributed by atoms with van der Waals surface area (Å²) in [5.74, 6) is -0.243. The summed E-state index contributed by atoms with van der Waals surface area (Å²) < 4.78 is 0. The number of aliphatic hydroxyl groups excluding tert-OH is 1. The largest absolute Gasteiger partial charge is 0.394 e. The molecule has 0 aromatic carbocycles. The number of rotatable bonds is 2. The lowest BCUT2D eigenvalue weighted by Gasteiger charge is -2.22. The van der Waals surface area contributed by atoms with Crippen molar-refractivity contribution >= 4 is 5.91 Å². The van der Waals surface area contributed by atoms with Gasteiger partial charge in [0.1, 0.15) is 5.69 Å². The zero-order valence-corrected chi connectivity index (χ0v) is 8.72. The molecule has 0 bridgehead atoms. The van der Waals surface area contributed by atoms with Crippen molar-refractivity contribution < 1.29 is 9.90 Å². The number of amides is 1. The Hall–Kier alpha value is -1.69. The quantitative estimate of drug-likeness (QED) is 0.698. The fourth-order valence-electron chi connectivity index (χ4n) is 1.90. The lowest BCUT2D eigenvalue weighted by Crippen LogP contribution is -2.38. The molecule has 1 amide bonds. The SMILES string of the molecule is O=C(c1ccc(=O)[nH]n1)N1CCCC1CO. The van der Waals surface area contributed by atoms with Gasteiger partial charge in [0, 0.05) is 12.6 Å². The maximum Gasteiger partial charge on any atom is 0.274 e. The van der Waals surface area contributed by atoms with Crippen molar-refractivity contribution in [1.82, 2.24) is 15.1 Å². The molecule has 1 aromatic rings. The van der Waals surface area contributed by atoms with Crippen LogP contribution >= 0.6 is 0 Å². The topological polar surface area (TPSA) is 86.3 Å². The second kappa shape index (κ2) is 4.44. The Morgan fingerprint density at radius 1 is 1.62 bits per heavy atom. The predicted octanol–water partition coefficient (Wildman–Crippen LogP) is -0.633. The van der Waals surface area contributed by atoms with Gasteiger partial charge in [-0.3, -0.25) is 9.59 Å². The maximum absolute atomic E-state index is 12.0. The number of hydrogen-bond acceptors (Lipinski definition) is 4. The molecule has 0 radical (unpaired) electrons. The second-order valence-electron chi connectivity index (χ2n) is 3.78. The summed E-state index contributed by atoms with van der Waals surface area (Å²) in [6.45, 7) is 0.597. The van der Waals surface area contributed by atoms with Crippen LogP contribution in [0.25, 0.3) is 0 Å². The number of hydrogen-bond donors (Lipinski definition) is 2.